The molecule has 0 fully saturated rings. The van der Waals surface area contributed by atoms with Crippen molar-refractivity contribution in [1.82, 2.24) is 0 Å². The zero-order chi connectivity index (χ0) is 18.0. The van der Waals surface area contributed by atoms with Gasteiger partial charge in [0.1, 0.15) is 18.1 Å². The van der Waals surface area contributed by atoms with E-state index in [0.717, 1.165) is 6.07 Å². The molecule has 0 unspecified atom stereocenters. The summed E-state index contributed by atoms with van der Waals surface area (Å²) in [5, 5.41) is 31.8. The number of esters is 1. The molecule has 0 amide bonds. The molecule has 8 nitrogen and oxygen atoms in total. The molecule has 0 heterocycles. The van der Waals surface area contributed by atoms with Gasteiger partial charge in [-0.1, -0.05) is 13.8 Å². The van der Waals surface area contributed by atoms with Crippen LogP contribution in [0.15, 0.2) is 18.2 Å². The summed E-state index contributed by atoms with van der Waals surface area (Å²) in [6, 6.07) is 3.84. The maximum Gasteiger partial charge on any atom is 0.308 e. The molecule has 3 N–H and O–H groups in total. The lowest BCUT2D eigenvalue weighted by Gasteiger charge is -2.11. The Balaban J connectivity index is 2.57. The van der Waals surface area contributed by atoms with Crippen molar-refractivity contribution in [2.45, 2.75) is 20.5 Å². The van der Waals surface area contributed by atoms with Crippen LogP contribution in [-0.2, 0) is 16.1 Å². The number of carbonyl (C=O) groups excluding carboxylic acids is 1. The van der Waals surface area contributed by atoms with E-state index in [4.69, 9.17) is 4.74 Å². The average molecular weight is 351 g/mol. The summed E-state index contributed by atoms with van der Waals surface area (Å²) in [6.45, 7) is 3.00. The Kier molecular flexibility index (Phi) is 5.05. The van der Waals surface area contributed by atoms with Gasteiger partial charge in [-0.05, 0) is 17.5 Å². The molecule has 9 heteroatoms. The molecular formula is C15H17NO7Si. The van der Waals surface area contributed by atoms with Crippen molar-refractivity contribution in [3.8, 4) is 11.5 Å². The minimum atomic E-state index is -1.86. The van der Waals surface area contributed by atoms with E-state index < -0.39 is 20.7 Å². The SMILES string of the molecule is CC(C)C(=O)OCc1cc2cc(O)c([SiH2]O)c(O)c2cc1[N+](=O)[O-]. The van der Waals surface area contributed by atoms with E-state index in [2.05, 4.69) is 0 Å². The molecule has 0 saturated carbocycles. The maximum atomic E-state index is 11.6. The van der Waals surface area contributed by atoms with Crippen LogP contribution < -0.4 is 5.19 Å². The number of phenols is 2. The van der Waals surface area contributed by atoms with Gasteiger partial charge in [-0.3, -0.25) is 14.9 Å². The van der Waals surface area contributed by atoms with Crippen molar-refractivity contribution in [2.75, 3.05) is 0 Å². The largest absolute Gasteiger partial charge is 0.508 e. The number of fused-ring (bicyclic) bond motifs is 1. The van der Waals surface area contributed by atoms with E-state index in [9.17, 15) is 29.9 Å². The minimum Gasteiger partial charge on any atom is -0.508 e. The lowest BCUT2D eigenvalue weighted by molar-refractivity contribution is -0.385. The average Bonchev–Trinajstić information content (AvgIpc) is 2.51. The molecule has 24 heavy (non-hydrogen) atoms. The van der Waals surface area contributed by atoms with E-state index in [1.807, 2.05) is 0 Å². The van der Waals surface area contributed by atoms with Crippen LogP contribution in [0.25, 0.3) is 10.8 Å². The molecule has 0 aliphatic rings. The van der Waals surface area contributed by atoms with Crippen molar-refractivity contribution >= 4 is 37.4 Å². The summed E-state index contributed by atoms with van der Waals surface area (Å²) < 4.78 is 5.03. The van der Waals surface area contributed by atoms with Gasteiger partial charge in [-0.15, -0.1) is 0 Å². The normalized spacial score (nSPS) is 11.5. The molecule has 0 spiro atoms. The van der Waals surface area contributed by atoms with Gasteiger partial charge in [0.25, 0.3) is 5.69 Å². The van der Waals surface area contributed by atoms with Gasteiger partial charge in [0, 0.05) is 16.6 Å². The molecule has 0 bridgehead atoms. The standard InChI is InChI=1S/C15H17NO7Si/c1-7(2)15(19)23-6-9-3-8-4-12(17)14(24-22)13(18)10(8)5-11(9)16(20)21/h3-5,7,17-18,22H,6,24H2,1-2H3. The van der Waals surface area contributed by atoms with Crippen LogP contribution in [-0.4, -0.2) is 35.7 Å². The van der Waals surface area contributed by atoms with Crippen molar-refractivity contribution in [1.29, 1.82) is 0 Å². The summed E-state index contributed by atoms with van der Waals surface area (Å²) in [5.41, 5.74) is -0.167. The Morgan fingerprint density at radius 1 is 1.33 bits per heavy atom. The second-order valence-corrected chi connectivity index (χ2v) is 6.63. The Labute approximate surface area is 139 Å². The van der Waals surface area contributed by atoms with E-state index in [1.54, 1.807) is 13.8 Å². The van der Waals surface area contributed by atoms with Crippen LogP contribution in [0, 0.1) is 16.0 Å². The summed E-state index contributed by atoms with van der Waals surface area (Å²) in [7, 11) is -1.86. The van der Waals surface area contributed by atoms with E-state index in [0.29, 0.717) is 5.39 Å². The molecule has 0 radical (unpaired) electrons. The van der Waals surface area contributed by atoms with E-state index in [-0.39, 0.29) is 45.8 Å². The van der Waals surface area contributed by atoms with Gasteiger partial charge in [-0.25, -0.2) is 0 Å². The minimum absolute atomic E-state index is 0.0239. The van der Waals surface area contributed by atoms with Gasteiger partial charge in [0.2, 0.25) is 0 Å². The highest BCUT2D eigenvalue weighted by molar-refractivity contribution is 6.49. The van der Waals surface area contributed by atoms with Gasteiger partial charge in [-0.2, -0.15) is 0 Å². The molecular weight excluding hydrogens is 334 g/mol. The number of hydrogen-bond donors (Lipinski definition) is 3. The number of nitro groups is 1. The van der Waals surface area contributed by atoms with Crippen LogP contribution in [0.5, 0.6) is 11.5 Å². The zero-order valence-corrected chi connectivity index (χ0v) is 14.6. The van der Waals surface area contributed by atoms with Crippen molar-refractivity contribution in [3.05, 3.63) is 33.9 Å². The van der Waals surface area contributed by atoms with Crippen molar-refractivity contribution < 1.29 is 29.5 Å². The highest BCUT2D eigenvalue weighted by Gasteiger charge is 2.21. The summed E-state index contributed by atoms with van der Waals surface area (Å²) in [6.07, 6.45) is 0. The number of rotatable bonds is 5. The molecule has 2 rings (SSSR count). The molecule has 0 aliphatic heterocycles. The fraction of sp³-hybridized carbons (Fsp3) is 0.267. The van der Waals surface area contributed by atoms with Crippen LogP contribution in [0.1, 0.15) is 19.4 Å². The Morgan fingerprint density at radius 3 is 2.54 bits per heavy atom. The number of nitrogens with zero attached hydrogens (tertiary/aromatic N) is 1. The summed E-state index contributed by atoms with van der Waals surface area (Å²) in [5.74, 6) is -1.49. The van der Waals surface area contributed by atoms with E-state index >= 15 is 0 Å². The zero-order valence-electron chi connectivity index (χ0n) is 13.1. The molecule has 0 aromatic heterocycles. The molecule has 0 atom stereocenters. The molecule has 128 valence electrons. The number of phenolic OH excluding ortho intramolecular Hbond substituents is 2. The predicted octanol–water partition coefficient (Wildman–Crippen LogP) is 0.560. The topological polar surface area (TPSA) is 130 Å². The van der Waals surface area contributed by atoms with E-state index in [1.165, 1.54) is 12.1 Å². The number of hydrogen-bond acceptors (Lipinski definition) is 7. The second kappa shape index (κ2) is 6.85. The quantitative estimate of drug-likeness (QED) is 0.310. The van der Waals surface area contributed by atoms with Crippen LogP contribution in [0.4, 0.5) is 5.69 Å². The number of benzene rings is 2. The second-order valence-electron chi connectivity index (χ2n) is 5.60. The maximum absolute atomic E-state index is 11.6. The number of ether oxygens (including phenoxy) is 1. The third kappa shape index (κ3) is 3.31. The first kappa shape index (κ1) is 17.7. The Bertz CT molecular complexity index is 819. The Hall–Kier alpha value is -2.65. The van der Waals surface area contributed by atoms with Gasteiger partial charge in [0.15, 0.2) is 9.76 Å². The lowest BCUT2D eigenvalue weighted by Crippen LogP contribution is -2.15. The molecule has 2 aromatic rings. The van der Waals surface area contributed by atoms with Crippen LogP contribution in [0.2, 0.25) is 0 Å². The lowest BCUT2D eigenvalue weighted by atomic mass is 10.0. The first-order valence-electron chi connectivity index (χ1n) is 7.18. The van der Waals surface area contributed by atoms with Gasteiger partial charge < -0.3 is 19.7 Å². The van der Waals surface area contributed by atoms with Crippen LogP contribution >= 0.6 is 0 Å². The van der Waals surface area contributed by atoms with Crippen LogP contribution in [0.3, 0.4) is 0 Å². The van der Waals surface area contributed by atoms with Crippen molar-refractivity contribution in [3.63, 3.8) is 0 Å². The number of aromatic hydroxyl groups is 2. The van der Waals surface area contributed by atoms with Gasteiger partial charge in [0.05, 0.1) is 16.4 Å². The first-order chi connectivity index (χ1) is 11.3. The smallest absolute Gasteiger partial charge is 0.308 e. The number of nitro benzene ring substituents is 1. The summed E-state index contributed by atoms with van der Waals surface area (Å²) >= 11 is 0. The highest BCUT2D eigenvalue weighted by Crippen LogP contribution is 2.33. The monoisotopic (exact) mass is 351 g/mol. The fourth-order valence-electron chi connectivity index (χ4n) is 2.25. The fourth-order valence-corrected chi connectivity index (χ4v) is 2.86. The van der Waals surface area contributed by atoms with Gasteiger partial charge >= 0.3 is 5.97 Å². The third-order valence-corrected chi connectivity index (χ3v) is 4.60. The first-order valence-corrected chi connectivity index (χ1v) is 8.52. The predicted molar refractivity (Wildman–Crippen MR) is 89.0 cm³/mol. The molecule has 2 aromatic carbocycles. The third-order valence-electron chi connectivity index (χ3n) is 3.59. The molecule has 0 aliphatic carbocycles. The highest BCUT2D eigenvalue weighted by atomic mass is 28.2. The molecule has 0 saturated heterocycles. The summed E-state index contributed by atoms with van der Waals surface area (Å²) in [4.78, 5) is 31.5. The Morgan fingerprint density at radius 2 is 2.00 bits per heavy atom. The van der Waals surface area contributed by atoms with Crippen molar-refractivity contribution in [2.24, 2.45) is 5.92 Å². The number of carbonyl (C=O) groups is 1.